The Balaban J connectivity index is 1.95. The summed E-state index contributed by atoms with van der Waals surface area (Å²) in [6, 6.07) is 0.515. The molecule has 0 radical (unpaired) electrons. The van der Waals surface area contributed by atoms with Crippen molar-refractivity contribution in [3.8, 4) is 0 Å². The maximum Gasteiger partial charge on any atom is 0.176 e. The van der Waals surface area contributed by atoms with E-state index in [1.165, 1.54) is 32.1 Å². The van der Waals surface area contributed by atoms with Crippen LogP contribution in [0, 0.1) is 11.8 Å². The van der Waals surface area contributed by atoms with E-state index in [2.05, 4.69) is 34.6 Å². The van der Waals surface area contributed by atoms with Gasteiger partial charge in [-0.1, -0.05) is 26.7 Å². The largest absolute Gasteiger partial charge is 0.313 e. The highest BCUT2D eigenvalue weighted by molar-refractivity contribution is 4.91. The molecule has 1 aromatic heterocycles. The van der Waals surface area contributed by atoms with Crippen molar-refractivity contribution in [2.75, 3.05) is 6.54 Å². The summed E-state index contributed by atoms with van der Waals surface area (Å²) in [5.41, 5.74) is 0. The summed E-state index contributed by atoms with van der Waals surface area (Å²) in [6.07, 6.45) is 7.50. The number of nitrogens with one attached hydrogen (secondary N) is 1. The Morgan fingerprint density at radius 2 is 2.21 bits per heavy atom. The van der Waals surface area contributed by atoms with Gasteiger partial charge in [0.2, 0.25) is 0 Å². The Hall–Kier alpha value is -0.970. The van der Waals surface area contributed by atoms with Crippen LogP contribution in [0.5, 0.6) is 0 Å². The molecule has 108 valence electrons. The van der Waals surface area contributed by atoms with Gasteiger partial charge in [-0.05, 0) is 42.9 Å². The lowest BCUT2D eigenvalue weighted by Crippen LogP contribution is -2.38. The predicted octanol–water partition coefficient (Wildman–Crippen LogP) is 1.95. The van der Waals surface area contributed by atoms with Gasteiger partial charge in [0.1, 0.15) is 0 Å². The van der Waals surface area contributed by atoms with Crippen molar-refractivity contribution < 1.29 is 0 Å². The summed E-state index contributed by atoms with van der Waals surface area (Å²) < 4.78 is 0. The first-order chi connectivity index (χ1) is 9.22. The zero-order valence-electron chi connectivity index (χ0n) is 12.5. The molecule has 0 saturated heterocycles. The monoisotopic (exact) mass is 265 g/mol. The van der Waals surface area contributed by atoms with Crippen molar-refractivity contribution in [1.29, 1.82) is 0 Å². The second kappa shape index (κ2) is 6.98. The number of tetrazole rings is 1. The standard InChI is InChI=1S/C14H27N5/c1-4-8-15-13(10-14-16-18-19(3)17-14)12-7-6-11(5-2)9-12/h11-13,15H,4-10H2,1-3H3. The Morgan fingerprint density at radius 1 is 1.37 bits per heavy atom. The molecule has 2 rings (SSSR count). The van der Waals surface area contributed by atoms with Gasteiger partial charge in [-0.2, -0.15) is 4.80 Å². The van der Waals surface area contributed by atoms with Crippen LogP contribution in [0.2, 0.25) is 0 Å². The third kappa shape index (κ3) is 4.00. The molecule has 19 heavy (non-hydrogen) atoms. The van der Waals surface area contributed by atoms with Gasteiger partial charge in [-0.3, -0.25) is 0 Å². The van der Waals surface area contributed by atoms with Crippen LogP contribution >= 0.6 is 0 Å². The fourth-order valence-electron chi connectivity index (χ4n) is 3.19. The Kier molecular flexibility index (Phi) is 5.31. The van der Waals surface area contributed by atoms with Crippen LogP contribution in [0.15, 0.2) is 0 Å². The van der Waals surface area contributed by atoms with Gasteiger partial charge >= 0.3 is 0 Å². The molecule has 1 aromatic rings. The van der Waals surface area contributed by atoms with Crippen LogP contribution in [0.25, 0.3) is 0 Å². The third-order valence-electron chi connectivity index (χ3n) is 4.34. The third-order valence-corrected chi connectivity index (χ3v) is 4.34. The van der Waals surface area contributed by atoms with Crippen LogP contribution < -0.4 is 5.32 Å². The molecule has 0 spiro atoms. The Morgan fingerprint density at radius 3 is 2.79 bits per heavy atom. The van der Waals surface area contributed by atoms with Crippen molar-refractivity contribution >= 4 is 0 Å². The molecule has 0 aliphatic heterocycles. The molecule has 5 nitrogen and oxygen atoms in total. The number of nitrogens with zero attached hydrogens (tertiary/aromatic N) is 4. The van der Waals surface area contributed by atoms with Crippen LogP contribution in [-0.2, 0) is 13.5 Å². The van der Waals surface area contributed by atoms with Gasteiger partial charge in [0.25, 0.3) is 0 Å². The predicted molar refractivity (Wildman–Crippen MR) is 75.7 cm³/mol. The quantitative estimate of drug-likeness (QED) is 0.818. The van der Waals surface area contributed by atoms with Crippen LogP contribution in [-0.4, -0.2) is 32.8 Å². The summed E-state index contributed by atoms with van der Waals surface area (Å²) in [7, 11) is 1.83. The maximum absolute atomic E-state index is 4.32. The normalized spacial score (nSPS) is 24.8. The minimum atomic E-state index is 0.515. The van der Waals surface area contributed by atoms with E-state index in [1.807, 2.05) is 7.05 Å². The molecule has 3 unspecified atom stereocenters. The van der Waals surface area contributed by atoms with Gasteiger partial charge in [0, 0.05) is 12.5 Å². The zero-order chi connectivity index (χ0) is 13.7. The summed E-state index contributed by atoms with van der Waals surface area (Å²) in [6.45, 7) is 5.61. The molecule has 1 N–H and O–H groups in total. The van der Waals surface area contributed by atoms with E-state index in [0.29, 0.717) is 6.04 Å². The fourth-order valence-corrected chi connectivity index (χ4v) is 3.19. The average Bonchev–Trinajstić information content (AvgIpc) is 3.03. The molecule has 0 bridgehead atoms. The van der Waals surface area contributed by atoms with E-state index < -0.39 is 0 Å². The van der Waals surface area contributed by atoms with E-state index in [9.17, 15) is 0 Å². The van der Waals surface area contributed by atoms with Crippen molar-refractivity contribution in [2.45, 2.75) is 58.4 Å². The lowest BCUT2D eigenvalue weighted by molar-refractivity contribution is 0.339. The molecule has 5 heteroatoms. The molecular weight excluding hydrogens is 238 g/mol. The van der Waals surface area contributed by atoms with Gasteiger partial charge in [-0.15, -0.1) is 10.2 Å². The number of rotatable bonds is 7. The van der Waals surface area contributed by atoms with E-state index in [1.54, 1.807) is 4.80 Å². The first-order valence-electron chi connectivity index (χ1n) is 7.69. The minimum absolute atomic E-state index is 0.515. The molecule has 1 heterocycles. The molecule has 3 atom stereocenters. The van der Waals surface area contributed by atoms with Crippen LogP contribution in [0.1, 0.15) is 51.8 Å². The number of aryl methyl sites for hydroxylation is 1. The number of hydrogen-bond acceptors (Lipinski definition) is 4. The second-order valence-corrected chi connectivity index (χ2v) is 5.81. The minimum Gasteiger partial charge on any atom is -0.313 e. The van der Waals surface area contributed by atoms with Gasteiger partial charge in [-0.25, -0.2) is 0 Å². The molecule has 1 fully saturated rings. The number of hydrogen-bond donors (Lipinski definition) is 1. The number of aromatic nitrogens is 4. The SMILES string of the molecule is CCCNC(Cc1nnn(C)n1)C1CCC(CC)C1. The van der Waals surface area contributed by atoms with Crippen LogP contribution in [0.4, 0.5) is 0 Å². The zero-order valence-corrected chi connectivity index (χ0v) is 12.5. The molecular formula is C14H27N5. The first-order valence-corrected chi connectivity index (χ1v) is 7.69. The smallest absolute Gasteiger partial charge is 0.176 e. The van der Waals surface area contributed by atoms with Crippen LogP contribution in [0.3, 0.4) is 0 Å². The van der Waals surface area contributed by atoms with E-state index in [0.717, 1.165) is 30.6 Å². The van der Waals surface area contributed by atoms with Crippen molar-refractivity contribution in [3.05, 3.63) is 5.82 Å². The summed E-state index contributed by atoms with van der Waals surface area (Å²) in [4.78, 5) is 1.55. The van der Waals surface area contributed by atoms with Gasteiger partial charge in [0.05, 0.1) is 7.05 Å². The van der Waals surface area contributed by atoms with Gasteiger partial charge in [0.15, 0.2) is 5.82 Å². The van der Waals surface area contributed by atoms with E-state index >= 15 is 0 Å². The van der Waals surface area contributed by atoms with Crippen molar-refractivity contribution in [1.82, 2.24) is 25.5 Å². The maximum atomic E-state index is 4.32. The average molecular weight is 265 g/mol. The summed E-state index contributed by atoms with van der Waals surface area (Å²) in [5.74, 6) is 2.57. The second-order valence-electron chi connectivity index (χ2n) is 5.81. The van der Waals surface area contributed by atoms with E-state index in [-0.39, 0.29) is 0 Å². The lowest BCUT2D eigenvalue weighted by atomic mass is 9.93. The summed E-state index contributed by atoms with van der Waals surface area (Å²) in [5, 5.41) is 16.1. The Labute approximate surface area is 116 Å². The van der Waals surface area contributed by atoms with Crippen molar-refractivity contribution in [2.24, 2.45) is 18.9 Å². The molecule has 0 amide bonds. The van der Waals surface area contributed by atoms with Gasteiger partial charge < -0.3 is 5.32 Å². The van der Waals surface area contributed by atoms with E-state index in [4.69, 9.17) is 0 Å². The molecule has 1 aliphatic carbocycles. The summed E-state index contributed by atoms with van der Waals surface area (Å²) >= 11 is 0. The molecule has 1 aliphatic rings. The fraction of sp³-hybridized carbons (Fsp3) is 0.929. The highest BCUT2D eigenvalue weighted by Gasteiger charge is 2.30. The lowest BCUT2D eigenvalue weighted by Gasteiger charge is -2.24. The highest BCUT2D eigenvalue weighted by atomic mass is 15.6. The highest BCUT2D eigenvalue weighted by Crippen LogP contribution is 2.35. The Bertz CT molecular complexity index is 376. The van der Waals surface area contributed by atoms with Crippen molar-refractivity contribution in [3.63, 3.8) is 0 Å². The molecule has 0 aromatic carbocycles. The molecule has 1 saturated carbocycles. The first kappa shape index (κ1) is 14.4. The topological polar surface area (TPSA) is 55.6 Å².